The summed E-state index contributed by atoms with van der Waals surface area (Å²) in [6, 6.07) is 15.8. The molecule has 2 aromatic rings. The Hall–Kier alpha value is -1.78. The minimum Gasteiger partial charge on any atom is -0.396 e. The highest BCUT2D eigenvalue weighted by molar-refractivity contribution is 7.98. The monoisotopic (exact) mass is 329 g/mol. The summed E-state index contributed by atoms with van der Waals surface area (Å²) in [5, 5.41) is 12.2. The summed E-state index contributed by atoms with van der Waals surface area (Å²) in [5.74, 6) is -0.0646. The van der Waals surface area contributed by atoms with Gasteiger partial charge < -0.3 is 10.4 Å². The van der Waals surface area contributed by atoms with Gasteiger partial charge in [0.2, 0.25) is 0 Å². The minimum absolute atomic E-state index is 0.0646. The van der Waals surface area contributed by atoms with Crippen molar-refractivity contribution in [1.82, 2.24) is 5.32 Å². The number of carbonyl (C=O) groups excluding carboxylic acids is 1. The number of nitrogens with one attached hydrogen (secondary N) is 1. The van der Waals surface area contributed by atoms with Crippen molar-refractivity contribution >= 4 is 17.7 Å². The van der Waals surface area contributed by atoms with E-state index in [4.69, 9.17) is 5.11 Å². The van der Waals surface area contributed by atoms with E-state index in [-0.39, 0.29) is 18.6 Å². The van der Waals surface area contributed by atoms with Gasteiger partial charge in [-0.25, -0.2) is 0 Å². The van der Waals surface area contributed by atoms with Crippen molar-refractivity contribution in [1.29, 1.82) is 0 Å². The standard InChI is InChI=1S/C19H23NO2S/c1-14-10-11-16(23-2)13-17(14)19(22)20-18(9-6-12-21)15-7-4-3-5-8-15/h3-5,7-8,10-11,13,18,21H,6,9,12H2,1-2H3,(H,20,22). The molecule has 1 unspecified atom stereocenters. The summed E-state index contributed by atoms with van der Waals surface area (Å²) in [7, 11) is 0. The van der Waals surface area contributed by atoms with Gasteiger partial charge in [0.05, 0.1) is 6.04 Å². The number of rotatable bonds is 7. The van der Waals surface area contributed by atoms with E-state index in [2.05, 4.69) is 5.32 Å². The first kappa shape index (κ1) is 17.6. The van der Waals surface area contributed by atoms with Crippen LogP contribution in [0.1, 0.15) is 40.4 Å². The van der Waals surface area contributed by atoms with Gasteiger partial charge in [-0.1, -0.05) is 36.4 Å². The van der Waals surface area contributed by atoms with Gasteiger partial charge >= 0.3 is 0 Å². The lowest BCUT2D eigenvalue weighted by Crippen LogP contribution is -2.29. The first-order valence-electron chi connectivity index (χ1n) is 7.77. The molecule has 0 aliphatic carbocycles. The van der Waals surface area contributed by atoms with Gasteiger partial charge in [0.25, 0.3) is 5.91 Å². The molecule has 2 rings (SSSR count). The molecule has 2 N–H and O–H groups in total. The van der Waals surface area contributed by atoms with E-state index >= 15 is 0 Å². The molecule has 0 aliphatic heterocycles. The van der Waals surface area contributed by atoms with Crippen molar-refractivity contribution in [3.05, 3.63) is 65.2 Å². The maximum absolute atomic E-state index is 12.7. The molecule has 0 radical (unpaired) electrons. The summed E-state index contributed by atoms with van der Waals surface area (Å²) in [6.45, 7) is 2.07. The number of thioether (sulfide) groups is 1. The molecular weight excluding hydrogens is 306 g/mol. The first-order valence-corrected chi connectivity index (χ1v) is 8.99. The lowest BCUT2D eigenvalue weighted by Gasteiger charge is -2.20. The van der Waals surface area contributed by atoms with E-state index in [1.807, 2.05) is 61.7 Å². The predicted octanol–water partition coefficient (Wildman–Crippen LogP) is 3.96. The molecule has 1 amide bonds. The number of aliphatic hydroxyl groups is 1. The summed E-state index contributed by atoms with van der Waals surface area (Å²) in [5.41, 5.74) is 2.74. The molecule has 2 aromatic carbocycles. The van der Waals surface area contributed by atoms with Gasteiger partial charge in [0.1, 0.15) is 0 Å². The van der Waals surface area contributed by atoms with E-state index in [1.165, 1.54) is 0 Å². The number of aliphatic hydroxyl groups excluding tert-OH is 1. The van der Waals surface area contributed by atoms with Crippen LogP contribution in [0.2, 0.25) is 0 Å². The summed E-state index contributed by atoms with van der Waals surface area (Å²) >= 11 is 1.63. The quantitative estimate of drug-likeness (QED) is 0.756. The van der Waals surface area contributed by atoms with Crippen LogP contribution in [0.4, 0.5) is 0 Å². The van der Waals surface area contributed by atoms with Crippen LogP contribution in [0, 0.1) is 6.92 Å². The first-order chi connectivity index (χ1) is 11.2. The van der Waals surface area contributed by atoms with Crippen LogP contribution in [-0.4, -0.2) is 23.9 Å². The average Bonchev–Trinajstić information content (AvgIpc) is 2.59. The van der Waals surface area contributed by atoms with Crippen molar-refractivity contribution in [3.8, 4) is 0 Å². The van der Waals surface area contributed by atoms with E-state index in [0.29, 0.717) is 18.4 Å². The topological polar surface area (TPSA) is 49.3 Å². The SMILES string of the molecule is CSc1ccc(C)c(C(=O)NC(CCCO)c2ccccc2)c1. The Morgan fingerprint density at radius 1 is 1.22 bits per heavy atom. The number of aryl methyl sites for hydroxylation is 1. The Bertz CT molecular complexity index is 643. The highest BCUT2D eigenvalue weighted by atomic mass is 32.2. The Balaban J connectivity index is 2.20. The highest BCUT2D eigenvalue weighted by Crippen LogP contribution is 2.22. The molecule has 23 heavy (non-hydrogen) atoms. The van der Waals surface area contributed by atoms with E-state index < -0.39 is 0 Å². The molecule has 0 saturated carbocycles. The maximum atomic E-state index is 12.7. The molecule has 0 spiro atoms. The van der Waals surface area contributed by atoms with Gasteiger partial charge in [-0.05, 0) is 49.3 Å². The van der Waals surface area contributed by atoms with Gasteiger partial charge in [-0.3, -0.25) is 4.79 Å². The second-order valence-electron chi connectivity index (χ2n) is 5.48. The molecule has 3 nitrogen and oxygen atoms in total. The van der Waals surface area contributed by atoms with Crippen LogP contribution in [0.15, 0.2) is 53.4 Å². The average molecular weight is 329 g/mol. The van der Waals surface area contributed by atoms with Gasteiger partial charge in [-0.15, -0.1) is 11.8 Å². The van der Waals surface area contributed by atoms with E-state index in [9.17, 15) is 4.79 Å². The summed E-state index contributed by atoms with van der Waals surface area (Å²) in [6.07, 6.45) is 3.37. The third-order valence-electron chi connectivity index (χ3n) is 3.85. The number of hydrogen-bond donors (Lipinski definition) is 2. The zero-order chi connectivity index (χ0) is 16.7. The van der Waals surface area contributed by atoms with E-state index in [0.717, 1.165) is 16.0 Å². The second-order valence-corrected chi connectivity index (χ2v) is 6.36. The van der Waals surface area contributed by atoms with Crippen LogP contribution in [0.5, 0.6) is 0 Å². The van der Waals surface area contributed by atoms with Crippen molar-refractivity contribution in [3.63, 3.8) is 0 Å². The number of benzene rings is 2. The zero-order valence-corrected chi connectivity index (χ0v) is 14.4. The Morgan fingerprint density at radius 3 is 2.61 bits per heavy atom. The number of carbonyl (C=O) groups is 1. The zero-order valence-electron chi connectivity index (χ0n) is 13.6. The van der Waals surface area contributed by atoms with E-state index in [1.54, 1.807) is 11.8 Å². The molecule has 0 fully saturated rings. The molecular formula is C19H23NO2S. The second kappa shape index (κ2) is 8.75. The van der Waals surface area contributed by atoms with Crippen LogP contribution < -0.4 is 5.32 Å². The Labute approximate surface area is 142 Å². The third kappa shape index (κ3) is 4.85. The molecule has 0 heterocycles. The normalized spacial score (nSPS) is 12.0. The molecule has 0 saturated heterocycles. The van der Waals surface area contributed by atoms with Gasteiger partial charge in [0, 0.05) is 17.1 Å². The van der Waals surface area contributed by atoms with Crippen LogP contribution in [-0.2, 0) is 0 Å². The third-order valence-corrected chi connectivity index (χ3v) is 4.57. The van der Waals surface area contributed by atoms with Gasteiger partial charge in [-0.2, -0.15) is 0 Å². The molecule has 0 aromatic heterocycles. The highest BCUT2D eigenvalue weighted by Gasteiger charge is 2.17. The van der Waals surface area contributed by atoms with Crippen molar-refractivity contribution in [2.24, 2.45) is 0 Å². The van der Waals surface area contributed by atoms with Crippen LogP contribution >= 0.6 is 11.8 Å². The van der Waals surface area contributed by atoms with Crippen molar-refractivity contribution < 1.29 is 9.90 Å². The fourth-order valence-corrected chi connectivity index (χ4v) is 2.95. The number of amides is 1. The Kier molecular flexibility index (Phi) is 6.68. The lowest BCUT2D eigenvalue weighted by molar-refractivity contribution is 0.0931. The van der Waals surface area contributed by atoms with Gasteiger partial charge in [0.15, 0.2) is 0 Å². The molecule has 1 atom stereocenters. The molecule has 0 bridgehead atoms. The minimum atomic E-state index is -0.0896. The fourth-order valence-electron chi connectivity index (χ4n) is 2.51. The molecule has 0 aliphatic rings. The maximum Gasteiger partial charge on any atom is 0.252 e. The smallest absolute Gasteiger partial charge is 0.252 e. The van der Waals surface area contributed by atoms with Crippen LogP contribution in [0.25, 0.3) is 0 Å². The Morgan fingerprint density at radius 2 is 1.96 bits per heavy atom. The fraction of sp³-hybridized carbons (Fsp3) is 0.316. The van der Waals surface area contributed by atoms with Crippen molar-refractivity contribution in [2.45, 2.75) is 30.7 Å². The summed E-state index contributed by atoms with van der Waals surface area (Å²) < 4.78 is 0. The lowest BCUT2D eigenvalue weighted by atomic mass is 10.0. The van der Waals surface area contributed by atoms with Crippen molar-refractivity contribution in [2.75, 3.05) is 12.9 Å². The predicted molar refractivity (Wildman–Crippen MR) is 95.9 cm³/mol. The molecule has 122 valence electrons. The number of hydrogen-bond acceptors (Lipinski definition) is 3. The summed E-state index contributed by atoms with van der Waals surface area (Å²) in [4.78, 5) is 13.8. The largest absolute Gasteiger partial charge is 0.396 e. The van der Waals surface area contributed by atoms with Crippen LogP contribution in [0.3, 0.4) is 0 Å². The molecule has 4 heteroatoms.